The molecule has 0 aromatic heterocycles. The largest absolute Gasteiger partial charge is 0.369 e. The van der Waals surface area contributed by atoms with Crippen molar-refractivity contribution in [2.24, 2.45) is 5.73 Å². The Morgan fingerprint density at radius 2 is 1.75 bits per heavy atom. The first kappa shape index (κ1) is 19.9. The van der Waals surface area contributed by atoms with Crippen LogP contribution >= 0.6 is 11.8 Å². The predicted octanol–water partition coefficient (Wildman–Crippen LogP) is 3.49. The van der Waals surface area contributed by atoms with Crippen LogP contribution in [0, 0.1) is 0 Å². The average molecular weight is 402 g/mol. The predicted molar refractivity (Wildman–Crippen MR) is 110 cm³/mol. The number of rotatable bonds is 6. The smallest absolute Gasteiger partial charge is 0.184 e. The molecule has 0 amide bonds. The molecule has 0 bridgehead atoms. The Hall–Kier alpha value is -1.41. The van der Waals surface area contributed by atoms with Crippen LogP contribution in [-0.2, 0) is 25.6 Å². The van der Waals surface area contributed by atoms with Gasteiger partial charge in [-0.2, -0.15) is 0 Å². The first-order chi connectivity index (χ1) is 13.8. The van der Waals surface area contributed by atoms with E-state index in [1.807, 2.05) is 48.5 Å². The second-order valence-electron chi connectivity index (χ2n) is 7.01. The van der Waals surface area contributed by atoms with E-state index in [2.05, 4.69) is 19.1 Å². The van der Waals surface area contributed by atoms with E-state index in [1.165, 1.54) is 0 Å². The highest BCUT2D eigenvalue weighted by Crippen LogP contribution is 2.37. The fraction of sp³-hybridized carbons (Fsp3) is 0.455. The van der Waals surface area contributed by atoms with Crippen LogP contribution < -0.4 is 5.73 Å². The minimum Gasteiger partial charge on any atom is -0.369 e. The molecule has 5 nitrogen and oxygen atoms in total. The third-order valence-corrected chi connectivity index (χ3v) is 6.16. The summed E-state index contributed by atoms with van der Waals surface area (Å²) in [4.78, 5) is 0. The number of thioether (sulfide) groups is 1. The van der Waals surface area contributed by atoms with Gasteiger partial charge in [0, 0.05) is 5.56 Å². The van der Waals surface area contributed by atoms with Gasteiger partial charge in [-0.1, -0.05) is 67.6 Å². The van der Waals surface area contributed by atoms with Gasteiger partial charge in [0.1, 0.15) is 23.7 Å². The van der Waals surface area contributed by atoms with Crippen LogP contribution in [0.4, 0.5) is 0 Å². The molecule has 0 aliphatic carbocycles. The molecular formula is C22H27NO4S. The van der Waals surface area contributed by atoms with Crippen LogP contribution in [-0.4, -0.2) is 42.1 Å². The molecule has 6 heteroatoms. The van der Waals surface area contributed by atoms with E-state index >= 15 is 0 Å². The summed E-state index contributed by atoms with van der Waals surface area (Å²) in [6.45, 7) is 3.06. The summed E-state index contributed by atoms with van der Waals surface area (Å²) in [6, 6.07) is 19.8. The first-order valence-electron chi connectivity index (χ1n) is 9.76. The third-order valence-electron chi connectivity index (χ3n) is 5.07. The van der Waals surface area contributed by atoms with Crippen molar-refractivity contribution in [3.63, 3.8) is 0 Å². The second kappa shape index (κ2) is 9.39. The Bertz CT molecular complexity index is 732. The van der Waals surface area contributed by atoms with Gasteiger partial charge in [-0.25, -0.2) is 0 Å². The van der Waals surface area contributed by atoms with Gasteiger partial charge in [0.05, 0.1) is 19.3 Å². The maximum Gasteiger partial charge on any atom is 0.184 e. The number of nitrogens with two attached hydrogens (primary N) is 1. The van der Waals surface area contributed by atoms with Crippen LogP contribution in [0.1, 0.15) is 24.3 Å². The van der Waals surface area contributed by atoms with Gasteiger partial charge in [-0.15, -0.1) is 11.8 Å². The zero-order chi connectivity index (χ0) is 19.3. The van der Waals surface area contributed by atoms with Gasteiger partial charge in [0.2, 0.25) is 0 Å². The molecule has 0 radical (unpaired) electrons. The topological polar surface area (TPSA) is 62.9 Å². The molecule has 2 aliphatic rings. The molecule has 6 atom stereocenters. The van der Waals surface area contributed by atoms with E-state index in [0.717, 1.165) is 16.9 Å². The summed E-state index contributed by atoms with van der Waals surface area (Å²) in [7, 11) is 0. The summed E-state index contributed by atoms with van der Waals surface area (Å²) >= 11 is 1.70. The Kier molecular flexibility index (Phi) is 6.67. The molecule has 0 unspecified atom stereocenters. The standard InChI is InChI=1S/C22H27NO4S/c1-2-28-22-18(23)20(24-13-15-9-5-3-6-10-15)19-17(26-22)14-25-21(27-19)16-11-7-4-8-12-16/h3-12,17-22H,2,13-14,23H2,1H3/t17-,18-,19-,20-,21-,22+/m1/s1. The van der Waals surface area contributed by atoms with E-state index < -0.39 is 6.29 Å². The zero-order valence-corrected chi connectivity index (χ0v) is 16.8. The van der Waals surface area contributed by atoms with Crippen molar-refractivity contribution in [3.8, 4) is 0 Å². The average Bonchev–Trinajstić information content (AvgIpc) is 2.75. The van der Waals surface area contributed by atoms with Crippen molar-refractivity contribution in [1.82, 2.24) is 0 Å². The number of hydrogen-bond donors (Lipinski definition) is 1. The number of fused-ring (bicyclic) bond motifs is 1. The Morgan fingerprint density at radius 3 is 2.46 bits per heavy atom. The molecule has 28 heavy (non-hydrogen) atoms. The number of ether oxygens (including phenoxy) is 4. The van der Waals surface area contributed by atoms with Crippen molar-refractivity contribution >= 4 is 11.8 Å². The molecule has 2 heterocycles. The van der Waals surface area contributed by atoms with Crippen LogP contribution in [0.2, 0.25) is 0 Å². The lowest BCUT2D eigenvalue weighted by molar-refractivity contribution is -0.311. The highest BCUT2D eigenvalue weighted by molar-refractivity contribution is 7.99. The Morgan fingerprint density at radius 1 is 1.04 bits per heavy atom. The third kappa shape index (κ3) is 4.43. The number of benzene rings is 2. The van der Waals surface area contributed by atoms with Gasteiger partial charge in [0.25, 0.3) is 0 Å². The lowest BCUT2D eigenvalue weighted by Gasteiger charge is -2.48. The SMILES string of the molecule is CCS[C@@H]1O[C@@H]2CO[C@@H](c3ccccc3)O[C@H]2[C@H](OCc2ccccc2)[C@H]1N. The van der Waals surface area contributed by atoms with E-state index in [-0.39, 0.29) is 29.8 Å². The van der Waals surface area contributed by atoms with Crippen molar-refractivity contribution in [2.45, 2.75) is 49.6 Å². The van der Waals surface area contributed by atoms with E-state index in [9.17, 15) is 0 Å². The van der Waals surface area contributed by atoms with E-state index in [4.69, 9.17) is 24.7 Å². The molecule has 2 N–H and O–H groups in total. The quantitative estimate of drug-likeness (QED) is 0.799. The van der Waals surface area contributed by atoms with Gasteiger partial charge in [0.15, 0.2) is 6.29 Å². The molecule has 2 aliphatic heterocycles. The zero-order valence-electron chi connectivity index (χ0n) is 16.0. The molecule has 0 spiro atoms. The van der Waals surface area contributed by atoms with Crippen LogP contribution in [0.25, 0.3) is 0 Å². The maximum absolute atomic E-state index is 6.57. The monoisotopic (exact) mass is 401 g/mol. The van der Waals surface area contributed by atoms with Crippen LogP contribution in [0.15, 0.2) is 60.7 Å². The van der Waals surface area contributed by atoms with Gasteiger partial charge in [-0.3, -0.25) is 0 Å². The minimum atomic E-state index is -0.434. The molecule has 0 saturated carbocycles. The van der Waals surface area contributed by atoms with E-state index in [0.29, 0.717) is 13.2 Å². The molecule has 2 aromatic carbocycles. The molecular weight excluding hydrogens is 374 g/mol. The first-order valence-corrected chi connectivity index (χ1v) is 10.8. The van der Waals surface area contributed by atoms with Gasteiger partial charge >= 0.3 is 0 Å². The van der Waals surface area contributed by atoms with Crippen LogP contribution in [0.3, 0.4) is 0 Å². The lowest BCUT2D eigenvalue weighted by atomic mass is 9.97. The summed E-state index contributed by atoms with van der Waals surface area (Å²) in [5.41, 5.74) is 8.54. The lowest BCUT2D eigenvalue weighted by Crippen LogP contribution is -2.64. The summed E-state index contributed by atoms with van der Waals surface area (Å²) in [5, 5.41) is 0. The van der Waals surface area contributed by atoms with Crippen molar-refractivity contribution in [2.75, 3.05) is 12.4 Å². The van der Waals surface area contributed by atoms with Crippen LogP contribution in [0.5, 0.6) is 0 Å². The Balaban J connectivity index is 1.52. The summed E-state index contributed by atoms with van der Waals surface area (Å²) in [5.74, 6) is 0.926. The molecule has 2 fully saturated rings. The number of hydrogen-bond acceptors (Lipinski definition) is 6. The Labute approximate surface area is 170 Å². The van der Waals surface area contributed by atoms with Gasteiger partial charge < -0.3 is 24.7 Å². The fourth-order valence-corrected chi connectivity index (χ4v) is 4.59. The summed E-state index contributed by atoms with van der Waals surface area (Å²) < 4.78 is 24.8. The van der Waals surface area contributed by atoms with Gasteiger partial charge in [-0.05, 0) is 11.3 Å². The second-order valence-corrected chi connectivity index (χ2v) is 8.39. The highest BCUT2D eigenvalue weighted by Gasteiger charge is 2.49. The van der Waals surface area contributed by atoms with Crippen molar-refractivity contribution in [3.05, 3.63) is 71.8 Å². The maximum atomic E-state index is 6.57. The van der Waals surface area contributed by atoms with Crippen molar-refractivity contribution in [1.29, 1.82) is 0 Å². The van der Waals surface area contributed by atoms with Crippen molar-refractivity contribution < 1.29 is 18.9 Å². The van der Waals surface area contributed by atoms with E-state index in [1.54, 1.807) is 11.8 Å². The normalized spacial score (nSPS) is 32.6. The minimum absolute atomic E-state index is 0.132. The summed E-state index contributed by atoms with van der Waals surface area (Å²) in [6.07, 6.45) is -1.16. The molecule has 150 valence electrons. The fourth-order valence-electron chi connectivity index (χ4n) is 3.66. The highest BCUT2D eigenvalue weighted by atomic mass is 32.2. The molecule has 2 aromatic rings. The molecule has 4 rings (SSSR count). The molecule has 2 saturated heterocycles.